The molecule has 8 heteroatoms. The number of nitrogens with two attached hydrogens (primary N) is 1. The Hall–Kier alpha value is -1.31. The Balaban J connectivity index is 0.00000264. The molecule has 2 rings (SSSR count). The van der Waals surface area contributed by atoms with Crippen LogP contribution in [0.15, 0.2) is 24.3 Å². The Morgan fingerprint density at radius 2 is 1.87 bits per heavy atom. The van der Waals surface area contributed by atoms with Crippen molar-refractivity contribution >= 4 is 18.3 Å². The molecule has 1 aliphatic heterocycles. The number of ether oxygens (including phenoxy) is 1. The average Bonchev–Trinajstić information content (AvgIpc) is 2.46. The van der Waals surface area contributed by atoms with Crippen molar-refractivity contribution in [2.45, 2.75) is 31.1 Å². The van der Waals surface area contributed by atoms with Gasteiger partial charge in [-0.3, -0.25) is 4.79 Å². The zero-order valence-electron chi connectivity index (χ0n) is 12.7. The smallest absolute Gasteiger partial charge is 0.381 e. The quantitative estimate of drug-likeness (QED) is 0.909. The zero-order valence-corrected chi connectivity index (χ0v) is 13.5. The van der Waals surface area contributed by atoms with E-state index in [-0.39, 0.29) is 30.4 Å². The largest absolute Gasteiger partial charge is 0.416 e. The van der Waals surface area contributed by atoms with Gasteiger partial charge in [0.1, 0.15) is 0 Å². The van der Waals surface area contributed by atoms with Gasteiger partial charge in [-0.25, -0.2) is 0 Å². The third-order valence-corrected chi connectivity index (χ3v) is 3.89. The van der Waals surface area contributed by atoms with Crippen molar-refractivity contribution in [2.75, 3.05) is 20.3 Å². The number of rotatable bonds is 3. The fourth-order valence-electron chi connectivity index (χ4n) is 2.59. The molecule has 0 bridgehead atoms. The molecule has 0 aromatic heterocycles. The van der Waals surface area contributed by atoms with Gasteiger partial charge in [0.05, 0.1) is 11.1 Å². The first-order valence-corrected chi connectivity index (χ1v) is 7.01. The molecule has 1 saturated heterocycles. The molecular formula is C15H20ClF3N2O2. The number of carbonyl (C=O) groups excluding carboxylic acids is 1. The fourth-order valence-corrected chi connectivity index (χ4v) is 2.59. The highest BCUT2D eigenvalue weighted by atomic mass is 35.5. The molecule has 1 heterocycles. The summed E-state index contributed by atoms with van der Waals surface area (Å²) in [4.78, 5) is 13.7. The van der Waals surface area contributed by atoms with Crippen molar-refractivity contribution in [1.29, 1.82) is 0 Å². The molecule has 0 aliphatic carbocycles. The molecule has 23 heavy (non-hydrogen) atoms. The summed E-state index contributed by atoms with van der Waals surface area (Å²) in [5.41, 5.74) is 4.36. The topological polar surface area (TPSA) is 55.6 Å². The lowest BCUT2D eigenvalue weighted by Gasteiger charge is -2.35. The maximum atomic E-state index is 13.0. The van der Waals surface area contributed by atoms with Crippen molar-refractivity contribution in [3.05, 3.63) is 35.4 Å². The summed E-state index contributed by atoms with van der Waals surface area (Å²) in [6.07, 6.45) is -3.70. The van der Waals surface area contributed by atoms with Gasteiger partial charge in [-0.05, 0) is 24.5 Å². The van der Waals surface area contributed by atoms with E-state index in [9.17, 15) is 18.0 Å². The Labute approximate surface area is 139 Å². The van der Waals surface area contributed by atoms with Crippen molar-refractivity contribution in [1.82, 2.24) is 4.90 Å². The SMILES string of the molecule is CN(Cc1ccccc1C(F)(F)F)C(=O)C1(N)CCOCC1.Cl. The first kappa shape index (κ1) is 19.7. The van der Waals surface area contributed by atoms with Crippen LogP contribution in [0.3, 0.4) is 0 Å². The van der Waals surface area contributed by atoms with E-state index < -0.39 is 17.3 Å². The predicted molar refractivity (Wildman–Crippen MR) is 82.1 cm³/mol. The molecule has 1 aliphatic rings. The van der Waals surface area contributed by atoms with Crippen LogP contribution in [0.1, 0.15) is 24.0 Å². The van der Waals surface area contributed by atoms with E-state index in [2.05, 4.69) is 0 Å². The second kappa shape index (κ2) is 7.51. The molecular weight excluding hydrogens is 333 g/mol. The van der Waals surface area contributed by atoms with Gasteiger partial charge in [0.15, 0.2) is 0 Å². The third-order valence-electron chi connectivity index (χ3n) is 3.89. The molecule has 0 atom stereocenters. The number of hydrogen-bond donors (Lipinski definition) is 1. The number of hydrogen-bond acceptors (Lipinski definition) is 3. The molecule has 1 aromatic carbocycles. The van der Waals surface area contributed by atoms with E-state index >= 15 is 0 Å². The van der Waals surface area contributed by atoms with Gasteiger partial charge >= 0.3 is 6.18 Å². The second-order valence-electron chi connectivity index (χ2n) is 5.58. The summed E-state index contributed by atoms with van der Waals surface area (Å²) in [6, 6.07) is 5.24. The molecule has 0 spiro atoms. The van der Waals surface area contributed by atoms with E-state index in [1.165, 1.54) is 30.1 Å². The molecule has 0 saturated carbocycles. The van der Waals surface area contributed by atoms with Gasteiger partial charge in [-0.1, -0.05) is 18.2 Å². The Morgan fingerprint density at radius 3 is 2.43 bits per heavy atom. The number of likely N-dealkylation sites (N-methyl/N-ethyl adjacent to an activating group) is 1. The van der Waals surface area contributed by atoms with Crippen molar-refractivity contribution in [2.24, 2.45) is 5.73 Å². The maximum Gasteiger partial charge on any atom is 0.416 e. The summed E-state index contributed by atoms with van der Waals surface area (Å²) in [7, 11) is 1.47. The van der Waals surface area contributed by atoms with E-state index in [4.69, 9.17) is 10.5 Å². The zero-order chi connectivity index (χ0) is 16.4. The van der Waals surface area contributed by atoms with Crippen molar-refractivity contribution < 1.29 is 22.7 Å². The molecule has 1 fully saturated rings. The highest BCUT2D eigenvalue weighted by molar-refractivity contribution is 5.86. The normalized spacial score (nSPS) is 17.3. The summed E-state index contributed by atoms with van der Waals surface area (Å²) >= 11 is 0. The van der Waals surface area contributed by atoms with Gasteiger partial charge in [-0.2, -0.15) is 13.2 Å². The Bertz CT molecular complexity index is 546. The molecule has 1 amide bonds. The summed E-state index contributed by atoms with van der Waals surface area (Å²) < 4.78 is 44.1. The predicted octanol–water partition coefficient (Wildman–Crippen LogP) is 2.59. The average molecular weight is 353 g/mol. The number of nitrogens with zero attached hydrogens (tertiary/aromatic N) is 1. The molecule has 1 aromatic rings. The minimum absolute atomic E-state index is 0. The lowest BCUT2D eigenvalue weighted by molar-refractivity contribution is -0.142. The Kier molecular flexibility index (Phi) is 6.44. The highest BCUT2D eigenvalue weighted by Gasteiger charge is 2.39. The van der Waals surface area contributed by atoms with Gasteiger partial charge in [0, 0.05) is 26.8 Å². The van der Waals surface area contributed by atoms with Gasteiger partial charge in [0.2, 0.25) is 5.91 Å². The lowest BCUT2D eigenvalue weighted by Crippen LogP contribution is -2.57. The van der Waals surface area contributed by atoms with Crippen molar-refractivity contribution in [3.63, 3.8) is 0 Å². The first-order chi connectivity index (χ1) is 10.2. The maximum absolute atomic E-state index is 13.0. The van der Waals surface area contributed by atoms with E-state index in [0.717, 1.165) is 6.07 Å². The molecule has 130 valence electrons. The monoisotopic (exact) mass is 352 g/mol. The van der Waals surface area contributed by atoms with E-state index in [1.54, 1.807) is 0 Å². The first-order valence-electron chi connectivity index (χ1n) is 7.01. The van der Waals surface area contributed by atoms with Crippen LogP contribution in [-0.2, 0) is 22.3 Å². The number of carbonyl (C=O) groups is 1. The van der Waals surface area contributed by atoms with Crippen LogP contribution in [0.2, 0.25) is 0 Å². The standard InChI is InChI=1S/C15H19F3N2O2.ClH/c1-20(13(21)14(19)6-8-22-9-7-14)10-11-4-2-3-5-12(11)15(16,17)18;/h2-5H,6-10,19H2,1H3;1H. The van der Waals surface area contributed by atoms with Crippen LogP contribution in [-0.4, -0.2) is 36.6 Å². The highest BCUT2D eigenvalue weighted by Crippen LogP contribution is 2.32. The summed E-state index contributed by atoms with van der Waals surface area (Å²) in [5, 5.41) is 0. The van der Waals surface area contributed by atoms with Crippen LogP contribution in [0.25, 0.3) is 0 Å². The summed E-state index contributed by atoms with van der Waals surface area (Å²) in [6.45, 7) is 0.638. The lowest BCUT2D eigenvalue weighted by atomic mass is 9.89. The third kappa shape index (κ3) is 4.59. The number of halogens is 4. The van der Waals surface area contributed by atoms with Crippen LogP contribution in [0, 0.1) is 0 Å². The van der Waals surface area contributed by atoms with Crippen LogP contribution in [0.5, 0.6) is 0 Å². The van der Waals surface area contributed by atoms with E-state index in [1.807, 2.05) is 0 Å². The second-order valence-corrected chi connectivity index (χ2v) is 5.58. The minimum Gasteiger partial charge on any atom is -0.381 e. The minimum atomic E-state index is -4.44. The fraction of sp³-hybridized carbons (Fsp3) is 0.533. The number of benzene rings is 1. The van der Waals surface area contributed by atoms with Crippen LogP contribution in [0.4, 0.5) is 13.2 Å². The number of alkyl halides is 3. The molecule has 4 nitrogen and oxygen atoms in total. The number of amides is 1. The van der Waals surface area contributed by atoms with Gasteiger partial charge in [0.25, 0.3) is 0 Å². The van der Waals surface area contributed by atoms with Gasteiger partial charge < -0.3 is 15.4 Å². The van der Waals surface area contributed by atoms with Gasteiger partial charge in [-0.15, -0.1) is 12.4 Å². The molecule has 0 unspecified atom stereocenters. The van der Waals surface area contributed by atoms with Crippen LogP contribution < -0.4 is 5.73 Å². The molecule has 0 radical (unpaired) electrons. The molecule has 2 N–H and O–H groups in total. The summed E-state index contributed by atoms with van der Waals surface area (Å²) in [5.74, 6) is -0.354. The Morgan fingerprint density at radius 1 is 1.30 bits per heavy atom. The van der Waals surface area contributed by atoms with Crippen molar-refractivity contribution in [3.8, 4) is 0 Å². The van der Waals surface area contributed by atoms with E-state index in [0.29, 0.717) is 26.1 Å². The van der Waals surface area contributed by atoms with Crippen LogP contribution >= 0.6 is 12.4 Å².